The molecule has 0 aromatic carbocycles. The number of hydrogen-bond acceptors (Lipinski definition) is 6. The first-order valence-electron chi connectivity index (χ1n) is 6.34. The summed E-state index contributed by atoms with van der Waals surface area (Å²) in [5.41, 5.74) is 0.611. The van der Waals surface area contributed by atoms with E-state index < -0.39 is 4.92 Å². The molecule has 0 aliphatic rings. The lowest BCUT2D eigenvalue weighted by Crippen LogP contribution is -2.10. The van der Waals surface area contributed by atoms with Crippen molar-refractivity contribution in [3.63, 3.8) is 0 Å². The number of anilines is 1. The van der Waals surface area contributed by atoms with Gasteiger partial charge in [0.25, 0.3) is 0 Å². The molecule has 106 valence electrons. The average molecular weight is 292 g/mol. The molecule has 2 rings (SSSR count). The molecular formula is C13H16N4O2S. The molecule has 0 fully saturated rings. The molecule has 0 saturated heterocycles. The molecule has 1 atom stereocenters. The monoisotopic (exact) mass is 292 g/mol. The molecular weight excluding hydrogens is 276 g/mol. The minimum atomic E-state index is -0.406. The second-order valence-corrected chi connectivity index (χ2v) is 5.61. The summed E-state index contributed by atoms with van der Waals surface area (Å²) in [6, 6.07) is 1.51. The molecule has 1 N–H and O–H groups in total. The first-order valence-corrected chi connectivity index (χ1v) is 7.15. The van der Waals surface area contributed by atoms with Gasteiger partial charge in [0, 0.05) is 22.8 Å². The standard InChI is InChI=1S/C13H16N4O2S/c1-4-10-7-15-13(20-10)9(3)16-12-11(17(18)19)8(2)5-6-14-12/h5-7,9H,4H2,1-3H3,(H,14,16). The third kappa shape index (κ3) is 2.93. The first kappa shape index (κ1) is 14.4. The van der Waals surface area contributed by atoms with Crippen LogP contribution in [-0.2, 0) is 6.42 Å². The Labute approximate surface area is 121 Å². The van der Waals surface area contributed by atoms with Crippen LogP contribution in [0.15, 0.2) is 18.5 Å². The zero-order valence-electron chi connectivity index (χ0n) is 11.6. The molecule has 7 heteroatoms. The fourth-order valence-corrected chi connectivity index (χ4v) is 2.70. The lowest BCUT2D eigenvalue weighted by atomic mass is 10.2. The van der Waals surface area contributed by atoms with Gasteiger partial charge >= 0.3 is 5.69 Å². The fourth-order valence-electron chi connectivity index (χ4n) is 1.84. The van der Waals surface area contributed by atoms with Gasteiger partial charge in [-0.05, 0) is 26.3 Å². The van der Waals surface area contributed by atoms with Crippen molar-refractivity contribution in [3.8, 4) is 0 Å². The number of nitro groups is 1. The summed E-state index contributed by atoms with van der Waals surface area (Å²) in [4.78, 5) is 20.3. The van der Waals surface area contributed by atoms with Crippen LogP contribution in [0.5, 0.6) is 0 Å². The van der Waals surface area contributed by atoms with E-state index >= 15 is 0 Å². The van der Waals surface area contributed by atoms with Crippen LogP contribution in [0, 0.1) is 17.0 Å². The summed E-state index contributed by atoms with van der Waals surface area (Å²) in [6.45, 7) is 5.70. The molecule has 0 radical (unpaired) electrons. The molecule has 0 aliphatic carbocycles. The van der Waals surface area contributed by atoms with Gasteiger partial charge in [0.2, 0.25) is 5.82 Å². The van der Waals surface area contributed by atoms with Gasteiger partial charge in [0.05, 0.1) is 11.0 Å². The van der Waals surface area contributed by atoms with Crippen molar-refractivity contribution < 1.29 is 4.92 Å². The average Bonchev–Trinajstić information content (AvgIpc) is 2.87. The molecule has 20 heavy (non-hydrogen) atoms. The lowest BCUT2D eigenvalue weighted by molar-refractivity contribution is -0.384. The second-order valence-electron chi connectivity index (χ2n) is 4.47. The Hall–Kier alpha value is -2.02. The smallest absolute Gasteiger partial charge is 0.314 e. The Kier molecular flexibility index (Phi) is 4.29. The second kappa shape index (κ2) is 5.96. The van der Waals surface area contributed by atoms with Crippen molar-refractivity contribution in [1.29, 1.82) is 0 Å². The molecule has 6 nitrogen and oxygen atoms in total. The highest BCUT2D eigenvalue weighted by Gasteiger charge is 2.21. The number of rotatable bonds is 5. The normalized spacial score (nSPS) is 12.2. The SMILES string of the molecule is CCc1cnc(C(C)Nc2nccc(C)c2[N+](=O)[O-])s1. The van der Waals surface area contributed by atoms with E-state index in [9.17, 15) is 10.1 Å². The van der Waals surface area contributed by atoms with Gasteiger partial charge < -0.3 is 5.32 Å². The maximum atomic E-state index is 11.1. The van der Waals surface area contributed by atoms with Crippen molar-refractivity contribution in [2.45, 2.75) is 33.2 Å². The van der Waals surface area contributed by atoms with E-state index in [4.69, 9.17) is 0 Å². The quantitative estimate of drug-likeness (QED) is 0.674. The molecule has 2 aromatic heterocycles. The predicted molar refractivity (Wildman–Crippen MR) is 79.2 cm³/mol. The van der Waals surface area contributed by atoms with E-state index in [1.54, 1.807) is 30.5 Å². The van der Waals surface area contributed by atoms with Crippen molar-refractivity contribution >= 4 is 22.8 Å². The number of hydrogen-bond donors (Lipinski definition) is 1. The van der Waals surface area contributed by atoms with Crippen LogP contribution in [0.25, 0.3) is 0 Å². The van der Waals surface area contributed by atoms with Crippen LogP contribution in [0.2, 0.25) is 0 Å². The Morgan fingerprint density at radius 2 is 2.25 bits per heavy atom. The van der Waals surface area contributed by atoms with Crippen LogP contribution in [0.1, 0.15) is 35.3 Å². The molecule has 0 aliphatic heterocycles. The number of nitrogens with one attached hydrogen (secondary N) is 1. The van der Waals surface area contributed by atoms with E-state index in [2.05, 4.69) is 22.2 Å². The van der Waals surface area contributed by atoms with Gasteiger partial charge in [-0.1, -0.05) is 6.92 Å². The summed E-state index contributed by atoms with van der Waals surface area (Å²) in [7, 11) is 0. The van der Waals surface area contributed by atoms with Gasteiger partial charge in [0.1, 0.15) is 5.01 Å². The van der Waals surface area contributed by atoms with Crippen LogP contribution in [0.3, 0.4) is 0 Å². The Morgan fingerprint density at radius 3 is 2.85 bits per heavy atom. The molecule has 2 aromatic rings. The number of aryl methyl sites for hydroxylation is 2. The highest BCUT2D eigenvalue weighted by atomic mass is 32.1. The Bertz CT molecular complexity index is 627. The highest BCUT2D eigenvalue weighted by molar-refractivity contribution is 7.11. The van der Waals surface area contributed by atoms with E-state index in [1.807, 2.05) is 13.1 Å². The zero-order chi connectivity index (χ0) is 14.7. The van der Waals surface area contributed by atoms with Crippen LogP contribution in [-0.4, -0.2) is 14.9 Å². The van der Waals surface area contributed by atoms with Crippen LogP contribution in [0.4, 0.5) is 11.5 Å². The number of nitrogens with zero attached hydrogens (tertiary/aromatic N) is 3. The van der Waals surface area contributed by atoms with Crippen molar-refractivity contribution in [2.75, 3.05) is 5.32 Å². The summed E-state index contributed by atoms with van der Waals surface area (Å²) in [5, 5.41) is 15.1. The zero-order valence-corrected chi connectivity index (χ0v) is 12.4. The molecule has 2 heterocycles. The van der Waals surface area contributed by atoms with Gasteiger partial charge in [-0.15, -0.1) is 11.3 Å². The largest absolute Gasteiger partial charge is 0.355 e. The maximum Gasteiger partial charge on any atom is 0.314 e. The number of aromatic nitrogens is 2. The molecule has 0 spiro atoms. The maximum absolute atomic E-state index is 11.1. The van der Waals surface area contributed by atoms with E-state index in [0.717, 1.165) is 11.4 Å². The van der Waals surface area contributed by atoms with E-state index in [0.29, 0.717) is 5.56 Å². The summed E-state index contributed by atoms with van der Waals surface area (Å²) >= 11 is 1.61. The molecule has 0 saturated carbocycles. The topological polar surface area (TPSA) is 81.0 Å². The third-order valence-corrected chi connectivity index (χ3v) is 4.28. The minimum Gasteiger partial charge on any atom is -0.355 e. The minimum absolute atomic E-state index is 0.0200. The molecule has 0 bridgehead atoms. The molecule has 1 unspecified atom stereocenters. The van der Waals surface area contributed by atoms with Crippen molar-refractivity contribution in [1.82, 2.24) is 9.97 Å². The fraction of sp³-hybridized carbons (Fsp3) is 0.385. The van der Waals surface area contributed by atoms with Gasteiger partial charge in [-0.25, -0.2) is 9.97 Å². The van der Waals surface area contributed by atoms with Crippen molar-refractivity contribution in [3.05, 3.63) is 44.0 Å². The van der Waals surface area contributed by atoms with E-state index in [1.165, 1.54) is 4.88 Å². The summed E-state index contributed by atoms with van der Waals surface area (Å²) in [6.07, 6.45) is 4.35. The van der Waals surface area contributed by atoms with Gasteiger partial charge in [-0.2, -0.15) is 0 Å². The summed E-state index contributed by atoms with van der Waals surface area (Å²) < 4.78 is 0. The Morgan fingerprint density at radius 1 is 1.50 bits per heavy atom. The van der Waals surface area contributed by atoms with Gasteiger partial charge in [0.15, 0.2) is 0 Å². The summed E-state index contributed by atoms with van der Waals surface area (Å²) in [5.74, 6) is 0.288. The van der Waals surface area contributed by atoms with Crippen molar-refractivity contribution in [2.24, 2.45) is 0 Å². The number of thiazole rings is 1. The van der Waals surface area contributed by atoms with Gasteiger partial charge in [-0.3, -0.25) is 10.1 Å². The van der Waals surface area contributed by atoms with Crippen LogP contribution >= 0.6 is 11.3 Å². The van der Waals surface area contributed by atoms with Crippen LogP contribution < -0.4 is 5.32 Å². The lowest BCUT2D eigenvalue weighted by Gasteiger charge is -2.12. The number of pyridine rings is 1. The predicted octanol–water partition coefficient (Wildman–Crippen LogP) is 3.49. The first-order chi connectivity index (χ1) is 9.52. The third-order valence-electron chi connectivity index (χ3n) is 2.95. The Balaban J connectivity index is 2.25. The van der Waals surface area contributed by atoms with E-state index in [-0.39, 0.29) is 17.5 Å². The highest BCUT2D eigenvalue weighted by Crippen LogP contribution is 2.30. The molecule has 0 amide bonds.